The van der Waals surface area contributed by atoms with Crippen molar-refractivity contribution in [1.82, 2.24) is 9.29 Å². The molecule has 0 spiro atoms. The highest BCUT2D eigenvalue weighted by Gasteiger charge is 2.25. The Morgan fingerprint density at radius 1 is 1.21 bits per heavy atom. The summed E-state index contributed by atoms with van der Waals surface area (Å²) in [6.07, 6.45) is 3.92. The van der Waals surface area contributed by atoms with Gasteiger partial charge in [-0.15, -0.1) is 0 Å². The van der Waals surface area contributed by atoms with Crippen LogP contribution in [0.15, 0.2) is 33.6 Å². The molecular formula is C19H24N4O4S. The number of nitrogens with zero attached hydrogens (tertiary/aromatic N) is 3. The number of sulfonamides is 1. The van der Waals surface area contributed by atoms with Gasteiger partial charge in [0.15, 0.2) is 0 Å². The Morgan fingerprint density at radius 2 is 1.89 bits per heavy atom. The number of nitriles is 1. The number of aromatic nitrogens is 1. The van der Waals surface area contributed by atoms with Crippen LogP contribution in [0.3, 0.4) is 0 Å². The molecule has 0 unspecified atom stereocenters. The van der Waals surface area contributed by atoms with E-state index in [2.05, 4.69) is 10.3 Å². The molecule has 1 fully saturated rings. The van der Waals surface area contributed by atoms with Gasteiger partial charge in [0, 0.05) is 32.3 Å². The van der Waals surface area contributed by atoms with E-state index in [4.69, 9.17) is 9.15 Å². The zero-order chi connectivity index (χ0) is 20.0. The third kappa shape index (κ3) is 4.52. The molecule has 8 nitrogen and oxygen atoms in total. The summed E-state index contributed by atoms with van der Waals surface area (Å²) in [5.41, 5.74) is 0.749. The standard InChI is InChI=1S/C19H24N4O4S/c1-26-13-10-21-19-17(14-20)22-18(27-19)15-6-8-16(9-7-15)28(24,25)23-11-4-2-3-5-12-23/h6-9,21H,2-5,10-13H2,1H3. The minimum absolute atomic E-state index is 0.146. The number of oxazole rings is 1. The van der Waals surface area contributed by atoms with Crippen molar-refractivity contribution in [2.75, 3.05) is 38.7 Å². The van der Waals surface area contributed by atoms with Gasteiger partial charge in [-0.1, -0.05) is 12.8 Å². The molecule has 1 aliphatic heterocycles. The van der Waals surface area contributed by atoms with E-state index in [9.17, 15) is 13.7 Å². The van der Waals surface area contributed by atoms with E-state index < -0.39 is 10.0 Å². The molecule has 3 rings (SSSR count). The average Bonchev–Trinajstić information content (AvgIpc) is 2.91. The molecule has 28 heavy (non-hydrogen) atoms. The van der Waals surface area contributed by atoms with Crippen LogP contribution in [0.1, 0.15) is 31.4 Å². The van der Waals surface area contributed by atoms with Crippen molar-refractivity contribution in [3.8, 4) is 17.5 Å². The number of rotatable bonds is 7. The van der Waals surface area contributed by atoms with Crippen molar-refractivity contribution in [1.29, 1.82) is 5.26 Å². The first-order chi connectivity index (χ1) is 13.6. The molecule has 0 amide bonds. The largest absolute Gasteiger partial charge is 0.419 e. The first-order valence-corrected chi connectivity index (χ1v) is 10.7. The molecule has 9 heteroatoms. The van der Waals surface area contributed by atoms with Crippen LogP contribution in [0.4, 0.5) is 5.88 Å². The second kappa shape index (κ2) is 9.19. The molecule has 1 saturated heterocycles. The zero-order valence-corrected chi connectivity index (χ0v) is 16.7. The van der Waals surface area contributed by atoms with Crippen molar-refractivity contribution in [2.45, 2.75) is 30.6 Å². The maximum Gasteiger partial charge on any atom is 0.243 e. The van der Waals surface area contributed by atoms with Gasteiger partial charge in [-0.25, -0.2) is 8.42 Å². The number of methoxy groups -OCH3 is 1. The summed E-state index contributed by atoms with van der Waals surface area (Å²) in [5, 5.41) is 12.2. The number of nitrogens with one attached hydrogen (secondary N) is 1. The summed E-state index contributed by atoms with van der Waals surface area (Å²) in [6.45, 7) is 2.06. The second-order valence-electron chi connectivity index (χ2n) is 6.57. The van der Waals surface area contributed by atoms with Crippen LogP contribution in [-0.4, -0.2) is 51.1 Å². The molecule has 0 saturated carbocycles. The van der Waals surface area contributed by atoms with E-state index >= 15 is 0 Å². The summed E-state index contributed by atoms with van der Waals surface area (Å²) in [5.74, 6) is 0.533. The van der Waals surface area contributed by atoms with Crippen LogP contribution < -0.4 is 5.32 Å². The number of hydrogen-bond donors (Lipinski definition) is 1. The highest BCUT2D eigenvalue weighted by atomic mass is 32.2. The van der Waals surface area contributed by atoms with E-state index in [1.54, 1.807) is 35.7 Å². The summed E-state index contributed by atoms with van der Waals surface area (Å²) in [4.78, 5) is 4.43. The van der Waals surface area contributed by atoms with Gasteiger partial charge in [-0.3, -0.25) is 0 Å². The van der Waals surface area contributed by atoms with Gasteiger partial charge in [0.25, 0.3) is 0 Å². The quantitative estimate of drug-likeness (QED) is 0.707. The van der Waals surface area contributed by atoms with Gasteiger partial charge in [0.1, 0.15) is 6.07 Å². The van der Waals surface area contributed by atoms with Crippen molar-refractivity contribution in [3.63, 3.8) is 0 Å². The lowest BCUT2D eigenvalue weighted by Gasteiger charge is -2.19. The SMILES string of the molecule is COCCNc1oc(-c2ccc(S(=O)(=O)N3CCCCCC3)cc2)nc1C#N. The van der Waals surface area contributed by atoms with Crippen LogP contribution in [0.25, 0.3) is 11.5 Å². The number of anilines is 1. The molecule has 0 aliphatic carbocycles. The van der Waals surface area contributed by atoms with Gasteiger partial charge < -0.3 is 14.5 Å². The lowest BCUT2D eigenvalue weighted by Crippen LogP contribution is -2.31. The third-order valence-corrected chi connectivity index (χ3v) is 6.54. The average molecular weight is 404 g/mol. The monoisotopic (exact) mass is 404 g/mol. The van der Waals surface area contributed by atoms with Crippen LogP contribution in [-0.2, 0) is 14.8 Å². The molecular weight excluding hydrogens is 380 g/mol. The molecule has 2 heterocycles. The van der Waals surface area contributed by atoms with Crippen molar-refractivity contribution < 1.29 is 17.6 Å². The first-order valence-electron chi connectivity index (χ1n) is 9.30. The van der Waals surface area contributed by atoms with E-state index in [0.29, 0.717) is 31.8 Å². The zero-order valence-electron chi connectivity index (χ0n) is 15.8. The maximum atomic E-state index is 12.9. The fourth-order valence-electron chi connectivity index (χ4n) is 3.11. The Kier molecular flexibility index (Phi) is 6.67. The van der Waals surface area contributed by atoms with Crippen molar-refractivity contribution in [2.24, 2.45) is 0 Å². The van der Waals surface area contributed by atoms with Crippen molar-refractivity contribution in [3.05, 3.63) is 30.0 Å². The van der Waals surface area contributed by atoms with Crippen LogP contribution in [0.2, 0.25) is 0 Å². The Hall–Kier alpha value is -2.41. The third-order valence-electron chi connectivity index (χ3n) is 4.63. The molecule has 2 aromatic rings. The number of benzene rings is 1. The van der Waals surface area contributed by atoms with Crippen LogP contribution in [0, 0.1) is 11.3 Å². The molecule has 0 bridgehead atoms. The number of hydrogen-bond acceptors (Lipinski definition) is 7. The van der Waals surface area contributed by atoms with E-state index in [0.717, 1.165) is 25.7 Å². The Labute approximate surface area is 165 Å². The van der Waals surface area contributed by atoms with Gasteiger partial charge in [0.2, 0.25) is 27.5 Å². The van der Waals surface area contributed by atoms with Crippen LogP contribution >= 0.6 is 0 Å². The summed E-state index contributed by atoms with van der Waals surface area (Å²) in [6, 6.07) is 8.40. The molecule has 150 valence electrons. The normalized spacial score (nSPS) is 15.7. The minimum atomic E-state index is -3.50. The molecule has 0 radical (unpaired) electrons. The highest BCUT2D eigenvalue weighted by Crippen LogP contribution is 2.27. The summed E-state index contributed by atoms with van der Waals surface area (Å²) < 4.78 is 37.9. The van der Waals surface area contributed by atoms with E-state index in [1.165, 1.54) is 0 Å². The van der Waals surface area contributed by atoms with Gasteiger partial charge in [0.05, 0.1) is 11.5 Å². The fourth-order valence-corrected chi connectivity index (χ4v) is 4.62. The lowest BCUT2D eigenvalue weighted by atomic mass is 10.2. The Morgan fingerprint density at radius 3 is 2.50 bits per heavy atom. The van der Waals surface area contributed by atoms with Gasteiger partial charge in [-0.2, -0.15) is 14.6 Å². The van der Waals surface area contributed by atoms with E-state index in [-0.39, 0.29) is 22.4 Å². The Balaban J connectivity index is 1.80. The molecule has 1 aromatic heterocycles. The van der Waals surface area contributed by atoms with Gasteiger partial charge in [-0.05, 0) is 37.1 Å². The molecule has 1 N–H and O–H groups in total. The number of ether oxygens (including phenoxy) is 1. The Bertz CT molecular complexity index is 924. The lowest BCUT2D eigenvalue weighted by molar-refractivity contribution is 0.210. The molecule has 1 aromatic carbocycles. The van der Waals surface area contributed by atoms with Crippen molar-refractivity contribution >= 4 is 15.9 Å². The molecule has 0 atom stereocenters. The smallest absolute Gasteiger partial charge is 0.243 e. The summed E-state index contributed by atoms with van der Waals surface area (Å²) in [7, 11) is -1.92. The summed E-state index contributed by atoms with van der Waals surface area (Å²) >= 11 is 0. The fraction of sp³-hybridized carbons (Fsp3) is 0.474. The van der Waals surface area contributed by atoms with Crippen LogP contribution in [0.5, 0.6) is 0 Å². The molecule has 1 aliphatic rings. The predicted molar refractivity (Wildman–Crippen MR) is 104 cm³/mol. The van der Waals surface area contributed by atoms with Gasteiger partial charge >= 0.3 is 0 Å². The second-order valence-corrected chi connectivity index (χ2v) is 8.51. The minimum Gasteiger partial charge on any atom is -0.419 e. The first kappa shape index (κ1) is 20.3. The topological polar surface area (TPSA) is 108 Å². The highest BCUT2D eigenvalue weighted by molar-refractivity contribution is 7.89. The van der Waals surface area contributed by atoms with E-state index in [1.807, 2.05) is 6.07 Å². The predicted octanol–water partition coefficient (Wildman–Crippen LogP) is 2.84. The maximum absolute atomic E-state index is 12.9.